The molecule has 9 heteroatoms. The van der Waals surface area contributed by atoms with E-state index < -0.39 is 12.0 Å². The second-order valence-corrected chi connectivity index (χ2v) is 9.22. The number of pyridine rings is 1. The molecule has 1 aliphatic heterocycles. The van der Waals surface area contributed by atoms with Gasteiger partial charge in [-0.1, -0.05) is 24.3 Å². The van der Waals surface area contributed by atoms with Crippen molar-refractivity contribution >= 4 is 17.6 Å². The summed E-state index contributed by atoms with van der Waals surface area (Å²) in [5.41, 5.74) is 2.43. The van der Waals surface area contributed by atoms with Crippen molar-refractivity contribution in [3.8, 4) is 5.75 Å². The van der Waals surface area contributed by atoms with Crippen LogP contribution in [0.3, 0.4) is 0 Å². The normalized spacial score (nSPS) is 13.4. The van der Waals surface area contributed by atoms with E-state index in [2.05, 4.69) is 37.6 Å². The van der Waals surface area contributed by atoms with E-state index >= 15 is 0 Å². The number of rotatable bonds is 15. The fourth-order valence-corrected chi connectivity index (χ4v) is 4.42. The fourth-order valence-electron chi connectivity index (χ4n) is 4.42. The molecule has 4 rings (SSSR count). The summed E-state index contributed by atoms with van der Waals surface area (Å²) >= 11 is 0. The van der Waals surface area contributed by atoms with Crippen LogP contribution in [-0.4, -0.2) is 69.8 Å². The Morgan fingerprint density at radius 1 is 1.11 bits per heavy atom. The number of fused-ring (bicyclic) bond motifs is 1. The Bertz CT molecular complexity index is 1100. The monoisotopic (exact) mass is 504 g/mol. The van der Waals surface area contributed by atoms with Crippen LogP contribution in [-0.2, 0) is 17.6 Å². The van der Waals surface area contributed by atoms with Crippen LogP contribution >= 0.6 is 0 Å². The molecule has 0 saturated carbocycles. The first-order valence-corrected chi connectivity index (χ1v) is 13.1. The van der Waals surface area contributed by atoms with Gasteiger partial charge in [0.25, 0.3) is 0 Å². The van der Waals surface area contributed by atoms with Gasteiger partial charge in [0.05, 0.1) is 0 Å². The lowest BCUT2D eigenvalue weighted by molar-refractivity contribution is -0.138. The lowest BCUT2D eigenvalue weighted by atomic mass is 10.1. The molecule has 0 fully saturated rings. The Labute approximate surface area is 218 Å². The van der Waals surface area contributed by atoms with Gasteiger partial charge in [0.2, 0.25) is 0 Å². The molecule has 1 aromatic carbocycles. The number of nitrogens with zero attached hydrogens (tertiary/aromatic N) is 4. The maximum absolute atomic E-state index is 11.9. The first-order valence-electron chi connectivity index (χ1n) is 13.1. The van der Waals surface area contributed by atoms with Gasteiger partial charge in [-0.15, -0.1) is 0 Å². The SMILES string of the molecule is O=C(O)[C@H](CCN(CCCCc1ccc2c(n1)NCCC2)CCOc1ccccc1)Nc1ccncn1. The maximum atomic E-state index is 11.9. The number of aromatic nitrogens is 3. The van der Waals surface area contributed by atoms with Gasteiger partial charge in [0.1, 0.15) is 36.4 Å². The van der Waals surface area contributed by atoms with Gasteiger partial charge in [0, 0.05) is 31.5 Å². The second kappa shape index (κ2) is 14.1. The summed E-state index contributed by atoms with van der Waals surface area (Å²) in [4.78, 5) is 26.9. The number of carboxylic acid groups (broad SMARTS) is 1. The number of unbranched alkanes of at least 4 members (excludes halogenated alkanes) is 1. The summed E-state index contributed by atoms with van der Waals surface area (Å²) in [6, 6.07) is 15.0. The number of para-hydroxylation sites is 1. The van der Waals surface area contributed by atoms with Crippen LogP contribution in [0.25, 0.3) is 0 Å². The zero-order valence-electron chi connectivity index (χ0n) is 21.2. The Balaban J connectivity index is 1.28. The second-order valence-electron chi connectivity index (χ2n) is 9.22. The van der Waals surface area contributed by atoms with Crippen molar-refractivity contribution in [2.24, 2.45) is 0 Å². The highest BCUT2D eigenvalue weighted by Crippen LogP contribution is 2.20. The number of ether oxygens (including phenoxy) is 1. The summed E-state index contributed by atoms with van der Waals surface area (Å²) in [7, 11) is 0. The van der Waals surface area contributed by atoms with E-state index in [4.69, 9.17) is 9.72 Å². The third kappa shape index (κ3) is 8.71. The van der Waals surface area contributed by atoms with E-state index in [0.717, 1.165) is 69.0 Å². The van der Waals surface area contributed by atoms with Crippen molar-refractivity contribution in [2.75, 3.05) is 43.4 Å². The lowest BCUT2D eigenvalue weighted by Crippen LogP contribution is -2.37. The van der Waals surface area contributed by atoms with Gasteiger partial charge in [-0.05, 0) is 74.9 Å². The molecule has 0 amide bonds. The summed E-state index contributed by atoms with van der Waals surface area (Å²) in [5.74, 6) is 1.49. The molecule has 3 heterocycles. The van der Waals surface area contributed by atoms with E-state index in [0.29, 0.717) is 25.4 Å². The Hall–Kier alpha value is -3.72. The Morgan fingerprint density at radius 2 is 2.00 bits per heavy atom. The molecule has 0 spiro atoms. The number of nitrogens with one attached hydrogen (secondary N) is 2. The highest BCUT2D eigenvalue weighted by molar-refractivity contribution is 5.76. The van der Waals surface area contributed by atoms with Gasteiger partial charge in [0.15, 0.2) is 0 Å². The van der Waals surface area contributed by atoms with Gasteiger partial charge in [-0.3, -0.25) is 4.90 Å². The number of anilines is 2. The van der Waals surface area contributed by atoms with Crippen molar-refractivity contribution in [3.63, 3.8) is 0 Å². The molecule has 3 aromatic rings. The summed E-state index contributed by atoms with van der Waals surface area (Å²) < 4.78 is 5.91. The largest absolute Gasteiger partial charge is 0.492 e. The minimum Gasteiger partial charge on any atom is -0.492 e. The molecule has 0 saturated heterocycles. The highest BCUT2D eigenvalue weighted by atomic mass is 16.5. The minimum absolute atomic E-state index is 0.447. The molecule has 0 unspecified atom stereocenters. The predicted molar refractivity (Wildman–Crippen MR) is 144 cm³/mol. The predicted octanol–water partition coefficient (Wildman–Crippen LogP) is 3.89. The standard InChI is InChI=1S/C28H36N6O3/c35-28(36)25(33-26-13-16-29-21-31-26)14-18-34(19-20-37-24-9-2-1-3-10-24)17-5-4-8-23-12-11-22-7-6-15-30-27(22)32-23/h1-3,9-13,16,21,25H,4-8,14-15,17-20H2,(H,30,32)(H,35,36)(H,29,31,33)/t25-/m0/s1. The van der Waals surface area contributed by atoms with Crippen LogP contribution in [0.5, 0.6) is 5.75 Å². The molecule has 2 aromatic heterocycles. The van der Waals surface area contributed by atoms with Crippen molar-refractivity contribution < 1.29 is 14.6 Å². The number of benzene rings is 1. The lowest BCUT2D eigenvalue weighted by Gasteiger charge is -2.24. The zero-order valence-corrected chi connectivity index (χ0v) is 21.2. The molecule has 1 atom stereocenters. The first kappa shape index (κ1) is 26.3. The number of hydrogen-bond donors (Lipinski definition) is 3. The molecular weight excluding hydrogens is 468 g/mol. The van der Waals surface area contributed by atoms with Crippen LogP contribution in [0, 0.1) is 0 Å². The quantitative estimate of drug-likeness (QED) is 0.265. The fraction of sp³-hybridized carbons (Fsp3) is 0.429. The average molecular weight is 505 g/mol. The minimum atomic E-state index is -0.897. The van der Waals surface area contributed by atoms with E-state index in [9.17, 15) is 9.90 Å². The third-order valence-electron chi connectivity index (χ3n) is 6.46. The average Bonchev–Trinajstić information content (AvgIpc) is 2.93. The molecule has 9 nitrogen and oxygen atoms in total. The molecule has 37 heavy (non-hydrogen) atoms. The molecule has 196 valence electrons. The maximum Gasteiger partial charge on any atom is 0.326 e. The first-order chi connectivity index (χ1) is 18.2. The van der Waals surface area contributed by atoms with Gasteiger partial charge in [-0.2, -0.15) is 0 Å². The van der Waals surface area contributed by atoms with Gasteiger partial charge < -0.3 is 20.5 Å². The van der Waals surface area contributed by atoms with Gasteiger partial charge >= 0.3 is 5.97 Å². The smallest absolute Gasteiger partial charge is 0.326 e. The number of aryl methyl sites for hydroxylation is 2. The highest BCUT2D eigenvalue weighted by Gasteiger charge is 2.19. The van der Waals surface area contributed by atoms with Crippen molar-refractivity contribution in [2.45, 2.75) is 44.6 Å². The molecule has 0 radical (unpaired) electrons. The number of carbonyl (C=O) groups is 1. The van der Waals surface area contributed by atoms with Crippen molar-refractivity contribution in [1.29, 1.82) is 0 Å². The van der Waals surface area contributed by atoms with Crippen molar-refractivity contribution in [1.82, 2.24) is 19.9 Å². The Morgan fingerprint density at radius 3 is 2.81 bits per heavy atom. The molecule has 0 bridgehead atoms. The van der Waals surface area contributed by atoms with Crippen LogP contribution < -0.4 is 15.4 Å². The Kier molecular flexibility index (Phi) is 10.1. The number of hydrogen-bond acceptors (Lipinski definition) is 8. The number of carboxylic acids is 1. The van der Waals surface area contributed by atoms with Crippen LogP contribution in [0.2, 0.25) is 0 Å². The van der Waals surface area contributed by atoms with E-state index in [-0.39, 0.29) is 0 Å². The van der Waals surface area contributed by atoms with Crippen LogP contribution in [0.1, 0.15) is 36.9 Å². The van der Waals surface area contributed by atoms with E-state index in [1.807, 2.05) is 30.3 Å². The van der Waals surface area contributed by atoms with Crippen LogP contribution in [0.4, 0.5) is 11.6 Å². The summed E-state index contributed by atoms with van der Waals surface area (Å²) in [6.07, 6.45) is 8.64. The van der Waals surface area contributed by atoms with E-state index in [1.165, 1.54) is 11.9 Å². The van der Waals surface area contributed by atoms with E-state index in [1.54, 1.807) is 12.3 Å². The summed E-state index contributed by atoms with van der Waals surface area (Å²) in [5, 5.41) is 16.1. The molecule has 3 N–H and O–H groups in total. The topological polar surface area (TPSA) is 112 Å². The van der Waals surface area contributed by atoms with Crippen molar-refractivity contribution in [3.05, 3.63) is 72.3 Å². The van der Waals surface area contributed by atoms with Crippen LogP contribution in [0.15, 0.2) is 61.1 Å². The molecule has 0 aliphatic carbocycles. The van der Waals surface area contributed by atoms with Gasteiger partial charge in [-0.25, -0.2) is 19.7 Å². The third-order valence-corrected chi connectivity index (χ3v) is 6.46. The molecule has 1 aliphatic rings. The zero-order chi connectivity index (χ0) is 25.7. The molecular formula is C28H36N6O3. The summed E-state index contributed by atoms with van der Waals surface area (Å²) in [6.45, 7) is 3.75. The number of aliphatic carboxylic acids is 1.